The molecule has 1 amide bonds. The van der Waals surface area contributed by atoms with Gasteiger partial charge in [0.15, 0.2) is 0 Å². The van der Waals surface area contributed by atoms with Gasteiger partial charge in [0.1, 0.15) is 0 Å². The first-order valence-electron chi connectivity index (χ1n) is 6.41. The van der Waals surface area contributed by atoms with Gasteiger partial charge < -0.3 is 10.6 Å². The van der Waals surface area contributed by atoms with E-state index in [1.807, 2.05) is 11.8 Å². The average molecular weight is 259 g/mol. The molecule has 0 radical (unpaired) electrons. The zero-order chi connectivity index (χ0) is 12.5. The number of hydrogen-bond donors (Lipinski definition) is 2. The Morgan fingerprint density at radius 2 is 2.29 bits per heavy atom. The molecule has 0 aromatic carbocycles. The zero-order valence-corrected chi connectivity index (χ0v) is 11.8. The molecule has 1 atom stereocenters. The topological polar surface area (TPSA) is 44.4 Å². The summed E-state index contributed by atoms with van der Waals surface area (Å²) in [6, 6.07) is 0. The van der Waals surface area contributed by atoms with Crippen LogP contribution in [-0.2, 0) is 4.79 Å². The molecule has 1 heterocycles. The Kier molecular flexibility index (Phi) is 7.64. The molecule has 1 unspecified atom stereocenters. The molecule has 0 spiro atoms. The molecule has 1 aliphatic rings. The van der Waals surface area contributed by atoms with Crippen molar-refractivity contribution in [3.63, 3.8) is 0 Å². The highest BCUT2D eigenvalue weighted by atomic mass is 32.2. The van der Waals surface area contributed by atoms with E-state index in [9.17, 15) is 4.79 Å². The summed E-state index contributed by atoms with van der Waals surface area (Å²) in [6.07, 6.45) is 3.23. The Morgan fingerprint density at radius 3 is 3.06 bits per heavy atom. The molecule has 2 N–H and O–H groups in total. The van der Waals surface area contributed by atoms with Crippen LogP contribution in [0, 0.1) is 5.92 Å². The molecular weight excluding hydrogens is 234 g/mol. The maximum atomic E-state index is 11.8. The SMILES string of the molecule is CSCC(C)CNC(=O)CN1CCCNCC1. The number of carbonyl (C=O) groups is 1. The van der Waals surface area contributed by atoms with E-state index in [4.69, 9.17) is 0 Å². The van der Waals surface area contributed by atoms with Crippen LogP contribution in [0.4, 0.5) is 0 Å². The van der Waals surface area contributed by atoms with Crippen LogP contribution in [0.2, 0.25) is 0 Å². The lowest BCUT2D eigenvalue weighted by molar-refractivity contribution is -0.122. The van der Waals surface area contributed by atoms with Crippen molar-refractivity contribution in [2.45, 2.75) is 13.3 Å². The van der Waals surface area contributed by atoms with Crippen molar-refractivity contribution in [3.05, 3.63) is 0 Å². The van der Waals surface area contributed by atoms with Crippen molar-refractivity contribution in [2.24, 2.45) is 5.92 Å². The van der Waals surface area contributed by atoms with Gasteiger partial charge in [-0.25, -0.2) is 0 Å². The van der Waals surface area contributed by atoms with Gasteiger partial charge in [0.25, 0.3) is 0 Å². The summed E-state index contributed by atoms with van der Waals surface area (Å²) in [7, 11) is 0. The Balaban J connectivity index is 2.14. The van der Waals surface area contributed by atoms with E-state index in [1.54, 1.807) is 0 Å². The lowest BCUT2D eigenvalue weighted by Crippen LogP contribution is -2.40. The van der Waals surface area contributed by atoms with Crippen molar-refractivity contribution in [3.8, 4) is 0 Å². The van der Waals surface area contributed by atoms with Crippen molar-refractivity contribution in [2.75, 3.05) is 51.3 Å². The molecule has 0 bridgehead atoms. The van der Waals surface area contributed by atoms with Gasteiger partial charge in [-0.3, -0.25) is 9.69 Å². The van der Waals surface area contributed by atoms with E-state index in [-0.39, 0.29) is 5.91 Å². The molecule has 0 aliphatic carbocycles. The number of thioether (sulfide) groups is 1. The summed E-state index contributed by atoms with van der Waals surface area (Å²) in [5.41, 5.74) is 0. The fourth-order valence-corrected chi connectivity index (χ4v) is 2.64. The standard InChI is InChI=1S/C12H25N3OS/c1-11(10-17-2)8-14-12(16)9-15-6-3-4-13-5-7-15/h11,13H,3-10H2,1-2H3,(H,14,16). The molecule has 1 aliphatic heterocycles. The lowest BCUT2D eigenvalue weighted by Gasteiger charge is -2.19. The van der Waals surface area contributed by atoms with Gasteiger partial charge in [-0.05, 0) is 37.4 Å². The molecule has 4 nitrogen and oxygen atoms in total. The predicted molar refractivity (Wildman–Crippen MR) is 74.5 cm³/mol. The Labute approximate surface area is 109 Å². The summed E-state index contributed by atoms with van der Waals surface area (Å²) in [4.78, 5) is 14.0. The highest BCUT2D eigenvalue weighted by molar-refractivity contribution is 7.98. The second kappa shape index (κ2) is 8.78. The van der Waals surface area contributed by atoms with E-state index < -0.39 is 0 Å². The Bertz CT molecular complexity index is 218. The minimum absolute atomic E-state index is 0.167. The second-order valence-electron chi connectivity index (χ2n) is 4.74. The lowest BCUT2D eigenvalue weighted by atomic mass is 10.2. The second-order valence-corrected chi connectivity index (χ2v) is 5.65. The normalized spacial score (nSPS) is 19.6. The molecule has 0 saturated carbocycles. The molecule has 0 aromatic rings. The zero-order valence-electron chi connectivity index (χ0n) is 11.0. The first kappa shape index (κ1) is 14.8. The summed E-state index contributed by atoms with van der Waals surface area (Å²) in [5, 5.41) is 6.36. The van der Waals surface area contributed by atoms with Crippen LogP contribution in [0.3, 0.4) is 0 Å². The number of hydrogen-bond acceptors (Lipinski definition) is 4. The molecular formula is C12H25N3OS. The van der Waals surface area contributed by atoms with Gasteiger partial charge in [-0.15, -0.1) is 0 Å². The summed E-state index contributed by atoms with van der Waals surface area (Å²) in [6.45, 7) is 7.60. The molecule has 17 heavy (non-hydrogen) atoms. The van der Waals surface area contributed by atoms with Crippen molar-refractivity contribution in [1.82, 2.24) is 15.5 Å². The number of rotatable bonds is 6. The van der Waals surface area contributed by atoms with E-state index in [0.717, 1.165) is 44.9 Å². The molecule has 1 rings (SSSR count). The predicted octanol–water partition coefficient (Wildman–Crippen LogP) is 0.397. The molecule has 5 heteroatoms. The van der Waals surface area contributed by atoms with Crippen LogP contribution in [-0.4, -0.2) is 62.1 Å². The van der Waals surface area contributed by atoms with E-state index in [1.165, 1.54) is 0 Å². The van der Waals surface area contributed by atoms with Gasteiger partial charge in [-0.2, -0.15) is 11.8 Å². The highest BCUT2D eigenvalue weighted by Crippen LogP contribution is 2.02. The van der Waals surface area contributed by atoms with Crippen LogP contribution >= 0.6 is 11.8 Å². The number of amides is 1. The molecule has 1 saturated heterocycles. The number of carbonyl (C=O) groups excluding carboxylic acids is 1. The Morgan fingerprint density at radius 1 is 1.47 bits per heavy atom. The third kappa shape index (κ3) is 6.91. The van der Waals surface area contributed by atoms with Gasteiger partial charge >= 0.3 is 0 Å². The van der Waals surface area contributed by atoms with Gasteiger partial charge in [0, 0.05) is 19.6 Å². The fourth-order valence-electron chi connectivity index (χ4n) is 1.95. The summed E-state index contributed by atoms with van der Waals surface area (Å²) >= 11 is 1.83. The quantitative estimate of drug-likeness (QED) is 0.725. The summed E-state index contributed by atoms with van der Waals surface area (Å²) < 4.78 is 0. The van der Waals surface area contributed by atoms with Gasteiger partial charge in [0.05, 0.1) is 6.54 Å². The number of nitrogens with one attached hydrogen (secondary N) is 2. The van der Waals surface area contributed by atoms with Gasteiger partial charge in [0.2, 0.25) is 5.91 Å². The summed E-state index contributed by atoms with van der Waals surface area (Å²) in [5.74, 6) is 1.83. The van der Waals surface area contributed by atoms with Crippen LogP contribution < -0.4 is 10.6 Å². The van der Waals surface area contributed by atoms with Crippen molar-refractivity contribution < 1.29 is 4.79 Å². The van der Waals surface area contributed by atoms with E-state index in [2.05, 4.69) is 28.7 Å². The first-order chi connectivity index (χ1) is 8.22. The van der Waals surface area contributed by atoms with Gasteiger partial charge in [-0.1, -0.05) is 6.92 Å². The third-order valence-electron chi connectivity index (χ3n) is 2.90. The minimum atomic E-state index is 0.167. The Hall–Kier alpha value is -0.260. The maximum Gasteiger partial charge on any atom is 0.234 e. The number of nitrogens with zero attached hydrogens (tertiary/aromatic N) is 1. The van der Waals surface area contributed by atoms with Crippen LogP contribution in [0.1, 0.15) is 13.3 Å². The molecule has 100 valence electrons. The van der Waals surface area contributed by atoms with Crippen molar-refractivity contribution in [1.29, 1.82) is 0 Å². The fraction of sp³-hybridized carbons (Fsp3) is 0.917. The third-order valence-corrected chi connectivity index (χ3v) is 3.80. The smallest absolute Gasteiger partial charge is 0.234 e. The molecule has 1 fully saturated rings. The average Bonchev–Trinajstić information content (AvgIpc) is 2.55. The van der Waals surface area contributed by atoms with Crippen LogP contribution in [0.5, 0.6) is 0 Å². The van der Waals surface area contributed by atoms with E-state index in [0.29, 0.717) is 12.5 Å². The monoisotopic (exact) mass is 259 g/mol. The largest absolute Gasteiger partial charge is 0.355 e. The van der Waals surface area contributed by atoms with Crippen LogP contribution in [0.25, 0.3) is 0 Å². The first-order valence-corrected chi connectivity index (χ1v) is 7.80. The van der Waals surface area contributed by atoms with Crippen LogP contribution in [0.15, 0.2) is 0 Å². The highest BCUT2D eigenvalue weighted by Gasteiger charge is 2.12. The van der Waals surface area contributed by atoms with Crippen molar-refractivity contribution >= 4 is 17.7 Å². The van der Waals surface area contributed by atoms with E-state index >= 15 is 0 Å². The minimum Gasteiger partial charge on any atom is -0.355 e. The molecule has 0 aromatic heterocycles. The maximum absolute atomic E-state index is 11.8.